The minimum Gasteiger partial charge on any atom is -0.438 e. The molecule has 0 atom stereocenters. The number of hydrogen-bond acceptors (Lipinski definition) is 7. The fraction of sp³-hybridized carbons (Fsp3) is 0.267. The van der Waals surface area contributed by atoms with E-state index in [1.54, 1.807) is 12.4 Å². The first kappa shape index (κ1) is 25.4. The van der Waals surface area contributed by atoms with Gasteiger partial charge in [-0.2, -0.15) is 0 Å². The Kier molecular flexibility index (Phi) is 7.60. The van der Waals surface area contributed by atoms with E-state index in [1.165, 1.54) is 0 Å². The highest BCUT2D eigenvalue weighted by Crippen LogP contribution is 2.32. The van der Waals surface area contributed by atoms with Gasteiger partial charge >= 0.3 is 0 Å². The zero-order valence-corrected chi connectivity index (χ0v) is 22.0. The van der Waals surface area contributed by atoms with E-state index in [-0.39, 0.29) is 5.91 Å². The second kappa shape index (κ2) is 11.4. The summed E-state index contributed by atoms with van der Waals surface area (Å²) in [4.78, 5) is 30.9. The Hall–Kier alpha value is -4.30. The summed E-state index contributed by atoms with van der Waals surface area (Å²) in [5, 5.41) is 3.00. The molecule has 0 saturated carbocycles. The van der Waals surface area contributed by atoms with Crippen LogP contribution in [0.3, 0.4) is 0 Å². The molecule has 3 heterocycles. The Bertz CT molecular complexity index is 1410. The second-order valence-corrected chi connectivity index (χ2v) is 9.44. The average Bonchev–Trinajstić information content (AvgIpc) is 2.95. The number of rotatable bonds is 7. The third-order valence-corrected chi connectivity index (χ3v) is 6.71. The number of benzene rings is 2. The third-order valence-electron chi connectivity index (χ3n) is 6.71. The van der Waals surface area contributed by atoms with Crippen molar-refractivity contribution in [3.63, 3.8) is 0 Å². The van der Waals surface area contributed by atoms with Crippen LogP contribution in [0.15, 0.2) is 73.1 Å². The molecule has 2 aromatic carbocycles. The number of pyridine rings is 1. The van der Waals surface area contributed by atoms with E-state index in [1.807, 2.05) is 74.5 Å². The number of likely N-dealkylation sites (N-methyl/N-ethyl adjacent to an activating group) is 1. The van der Waals surface area contributed by atoms with Gasteiger partial charge in [-0.05, 0) is 80.2 Å². The minimum absolute atomic E-state index is 0.148. The fourth-order valence-corrected chi connectivity index (χ4v) is 4.42. The van der Waals surface area contributed by atoms with Crippen LogP contribution in [-0.2, 0) is 6.42 Å². The van der Waals surface area contributed by atoms with Crippen molar-refractivity contribution in [3.8, 4) is 22.9 Å². The van der Waals surface area contributed by atoms with Crippen molar-refractivity contribution in [1.82, 2.24) is 19.9 Å². The number of carbonyl (C=O) groups is 1. The molecule has 4 aromatic rings. The van der Waals surface area contributed by atoms with Gasteiger partial charge in [0.15, 0.2) is 0 Å². The standard InChI is InChI=1S/C30H32N6O2/c1-4-28-31-15-13-26(34-28)25-6-5-14-32-30(25)38-27-12-9-23(20-21(27)2)33-29(37)22-7-10-24(11-8-22)36-18-16-35(3)17-19-36/h5-15,20H,4,16-19H2,1-3H3,(H,33,37). The van der Waals surface area contributed by atoms with Crippen molar-refractivity contribution in [1.29, 1.82) is 0 Å². The summed E-state index contributed by atoms with van der Waals surface area (Å²) < 4.78 is 6.20. The zero-order chi connectivity index (χ0) is 26.5. The maximum absolute atomic E-state index is 12.9. The lowest BCUT2D eigenvalue weighted by Gasteiger charge is -2.34. The molecule has 0 bridgehead atoms. The largest absolute Gasteiger partial charge is 0.438 e. The lowest BCUT2D eigenvalue weighted by Crippen LogP contribution is -2.44. The van der Waals surface area contributed by atoms with Gasteiger partial charge in [0.1, 0.15) is 11.6 Å². The van der Waals surface area contributed by atoms with Crippen LogP contribution >= 0.6 is 0 Å². The highest BCUT2D eigenvalue weighted by molar-refractivity contribution is 6.04. The molecular formula is C30H32N6O2. The molecule has 1 amide bonds. The predicted molar refractivity (Wildman–Crippen MR) is 150 cm³/mol. The van der Waals surface area contributed by atoms with Gasteiger partial charge < -0.3 is 19.9 Å². The molecule has 0 unspecified atom stereocenters. The summed E-state index contributed by atoms with van der Waals surface area (Å²) >= 11 is 0. The molecule has 2 aromatic heterocycles. The summed E-state index contributed by atoms with van der Waals surface area (Å²) in [7, 11) is 2.14. The predicted octanol–water partition coefficient (Wildman–Crippen LogP) is 5.21. The normalized spacial score (nSPS) is 13.8. The molecule has 0 radical (unpaired) electrons. The Morgan fingerprint density at radius 3 is 2.50 bits per heavy atom. The quantitative estimate of drug-likeness (QED) is 0.367. The molecule has 194 valence electrons. The van der Waals surface area contributed by atoms with E-state index in [0.29, 0.717) is 22.9 Å². The van der Waals surface area contributed by atoms with Crippen LogP contribution in [0.25, 0.3) is 11.3 Å². The van der Waals surface area contributed by atoms with Gasteiger partial charge in [0, 0.05) is 61.9 Å². The number of amides is 1. The number of anilines is 2. The Morgan fingerprint density at radius 2 is 1.76 bits per heavy atom. The van der Waals surface area contributed by atoms with E-state index >= 15 is 0 Å². The molecule has 8 nitrogen and oxygen atoms in total. The first-order valence-electron chi connectivity index (χ1n) is 12.9. The van der Waals surface area contributed by atoms with Gasteiger partial charge in [0.2, 0.25) is 5.88 Å². The van der Waals surface area contributed by atoms with E-state index in [2.05, 4.69) is 37.1 Å². The van der Waals surface area contributed by atoms with Gasteiger partial charge in [-0.15, -0.1) is 0 Å². The third kappa shape index (κ3) is 5.81. The van der Waals surface area contributed by atoms with Crippen molar-refractivity contribution in [2.24, 2.45) is 0 Å². The van der Waals surface area contributed by atoms with Gasteiger partial charge in [0.05, 0.1) is 11.3 Å². The summed E-state index contributed by atoms with van der Waals surface area (Å²) in [5.74, 6) is 1.74. The molecule has 8 heteroatoms. The summed E-state index contributed by atoms with van der Waals surface area (Å²) in [6.45, 7) is 8.04. The average molecular weight is 509 g/mol. The monoisotopic (exact) mass is 508 g/mol. The van der Waals surface area contributed by atoms with Crippen molar-refractivity contribution in [2.45, 2.75) is 20.3 Å². The number of hydrogen-bond donors (Lipinski definition) is 1. The Balaban J connectivity index is 1.27. The number of nitrogens with one attached hydrogen (secondary N) is 1. The van der Waals surface area contributed by atoms with Gasteiger partial charge in [0.25, 0.3) is 5.91 Å². The second-order valence-electron chi connectivity index (χ2n) is 9.44. The summed E-state index contributed by atoms with van der Waals surface area (Å²) in [6.07, 6.45) is 4.19. The Morgan fingerprint density at radius 1 is 0.974 bits per heavy atom. The van der Waals surface area contributed by atoms with Crippen LogP contribution in [0.5, 0.6) is 11.6 Å². The smallest absolute Gasteiger partial charge is 0.255 e. The van der Waals surface area contributed by atoms with E-state index in [0.717, 1.165) is 60.9 Å². The first-order chi connectivity index (χ1) is 18.5. The highest BCUT2D eigenvalue weighted by Gasteiger charge is 2.16. The maximum atomic E-state index is 12.9. The number of aromatic nitrogens is 3. The fourth-order valence-electron chi connectivity index (χ4n) is 4.42. The molecule has 1 saturated heterocycles. The molecule has 38 heavy (non-hydrogen) atoms. The molecule has 0 spiro atoms. The molecule has 1 aliphatic rings. The molecule has 1 fully saturated rings. The SMILES string of the molecule is CCc1nccc(-c2cccnc2Oc2ccc(NC(=O)c3ccc(N4CCN(C)CC4)cc3)cc2C)n1. The van der Waals surface area contributed by atoms with Crippen LogP contribution in [0, 0.1) is 6.92 Å². The zero-order valence-electron chi connectivity index (χ0n) is 22.0. The van der Waals surface area contributed by atoms with Crippen LogP contribution in [-0.4, -0.2) is 59.0 Å². The van der Waals surface area contributed by atoms with Gasteiger partial charge in [-0.1, -0.05) is 6.92 Å². The van der Waals surface area contributed by atoms with Crippen LogP contribution in [0.4, 0.5) is 11.4 Å². The van der Waals surface area contributed by atoms with Gasteiger partial charge in [-0.3, -0.25) is 4.79 Å². The Labute approximate surface area is 223 Å². The number of piperazine rings is 1. The van der Waals surface area contributed by atoms with E-state index in [4.69, 9.17) is 4.74 Å². The molecule has 0 aliphatic carbocycles. The van der Waals surface area contributed by atoms with Crippen molar-refractivity contribution < 1.29 is 9.53 Å². The maximum Gasteiger partial charge on any atom is 0.255 e. The molecule has 1 aliphatic heterocycles. The number of carbonyl (C=O) groups excluding carboxylic acids is 1. The first-order valence-corrected chi connectivity index (χ1v) is 12.9. The number of aryl methyl sites for hydroxylation is 2. The molecular weight excluding hydrogens is 476 g/mol. The van der Waals surface area contributed by atoms with Crippen molar-refractivity contribution in [2.75, 3.05) is 43.4 Å². The van der Waals surface area contributed by atoms with Crippen LogP contribution < -0.4 is 15.0 Å². The highest BCUT2D eigenvalue weighted by atomic mass is 16.5. The lowest BCUT2D eigenvalue weighted by molar-refractivity contribution is 0.102. The topological polar surface area (TPSA) is 83.5 Å². The molecule has 5 rings (SSSR count). The lowest BCUT2D eigenvalue weighted by atomic mass is 10.1. The van der Waals surface area contributed by atoms with Crippen molar-refractivity contribution in [3.05, 3.63) is 90.0 Å². The molecule has 1 N–H and O–H groups in total. The van der Waals surface area contributed by atoms with Gasteiger partial charge in [-0.25, -0.2) is 15.0 Å². The summed E-state index contributed by atoms with van der Waals surface area (Å²) in [6, 6.07) is 19.0. The van der Waals surface area contributed by atoms with Crippen LogP contribution in [0.2, 0.25) is 0 Å². The van der Waals surface area contributed by atoms with Crippen molar-refractivity contribution >= 4 is 17.3 Å². The van der Waals surface area contributed by atoms with E-state index < -0.39 is 0 Å². The number of ether oxygens (including phenoxy) is 1. The number of nitrogens with zero attached hydrogens (tertiary/aromatic N) is 5. The minimum atomic E-state index is -0.148. The van der Waals surface area contributed by atoms with E-state index in [9.17, 15) is 4.79 Å². The van der Waals surface area contributed by atoms with Crippen LogP contribution in [0.1, 0.15) is 28.7 Å². The summed E-state index contributed by atoms with van der Waals surface area (Å²) in [5.41, 5.74) is 4.90.